The first kappa shape index (κ1) is 13.7. The van der Waals surface area contributed by atoms with E-state index >= 15 is 0 Å². The lowest BCUT2D eigenvalue weighted by Gasteiger charge is -2.16. The van der Waals surface area contributed by atoms with Gasteiger partial charge in [0, 0.05) is 23.7 Å². The van der Waals surface area contributed by atoms with Gasteiger partial charge in [0.25, 0.3) is 0 Å². The van der Waals surface area contributed by atoms with Crippen LogP contribution >= 0.6 is 23.2 Å². The molecule has 104 valence electrons. The van der Waals surface area contributed by atoms with Crippen molar-refractivity contribution in [2.45, 2.75) is 13.0 Å². The highest BCUT2D eigenvalue weighted by atomic mass is 35.5. The van der Waals surface area contributed by atoms with Gasteiger partial charge < -0.3 is 9.88 Å². The van der Waals surface area contributed by atoms with E-state index in [0.717, 1.165) is 37.3 Å². The van der Waals surface area contributed by atoms with Crippen LogP contribution in [0.15, 0.2) is 42.4 Å². The standard InChI is InChI=1S/C15H15Cl2N3/c16-12-1-2-14(17)13(7-12)15-8-19-10-20(15)9-11-3-5-18-6-4-11/h1-3,7-8,10,18H,4-6,9H2. The zero-order valence-electron chi connectivity index (χ0n) is 10.9. The fraction of sp³-hybridized carbons (Fsp3) is 0.267. The van der Waals surface area contributed by atoms with Gasteiger partial charge in [0.2, 0.25) is 0 Å². The summed E-state index contributed by atoms with van der Waals surface area (Å²) in [6.45, 7) is 2.82. The quantitative estimate of drug-likeness (QED) is 0.875. The molecule has 1 aliphatic rings. The van der Waals surface area contributed by atoms with Crippen LogP contribution in [-0.4, -0.2) is 22.6 Å². The van der Waals surface area contributed by atoms with Crippen molar-refractivity contribution in [3.8, 4) is 11.3 Å². The molecule has 2 heterocycles. The summed E-state index contributed by atoms with van der Waals surface area (Å²) in [6, 6.07) is 5.50. The van der Waals surface area contributed by atoms with Crippen molar-refractivity contribution in [2.24, 2.45) is 0 Å². The summed E-state index contributed by atoms with van der Waals surface area (Å²) in [6.07, 6.45) is 6.99. The highest BCUT2D eigenvalue weighted by Crippen LogP contribution is 2.30. The summed E-state index contributed by atoms with van der Waals surface area (Å²) in [5.41, 5.74) is 3.34. The maximum Gasteiger partial charge on any atom is 0.0954 e. The van der Waals surface area contributed by atoms with E-state index in [4.69, 9.17) is 23.2 Å². The molecule has 0 spiro atoms. The molecule has 0 radical (unpaired) electrons. The van der Waals surface area contributed by atoms with E-state index in [1.165, 1.54) is 5.57 Å². The molecule has 0 bridgehead atoms. The first-order chi connectivity index (χ1) is 9.74. The minimum absolute atomic E-state index is 0.679. The molecule has 1 aromatic carbocycles. The Morgan fingerprint density at radius 1 is 1.30 bits per heavy atom. The molecular weight excluding hydrogens is 293 g/mol. The molecule has 0 amide bonds. The van der Waals surface area contributed by atoms with Gasteiger partial charge >= 0.3 is 0 Å². The first-order valence-corrected chi connectivity index (χ1v) is 7.34. The molecule has 0 unspecified atom stereocenters. The monoisotopic (exact) mass is 307 g/mol. The molecule has 3 rings (SSSR count). The number of halogens is 2. The van der Waals surface area contributed by atoms with Crippen molar-refractivity contribution in [2.75, 3.05) is 13.1 Å². The van der Waals surface area contributed by atoms with Crippen LogP contribution in [0.5, 0.6) is 0 Å². The molecule has 20 heavy (non-hydrogen) atoms. The Kier molecular flexibility index (Phi) is 4.10. The lowest BCUT2D eigenvalue weighted by atomic mass is 10.1. The van der Waals surface area contributed by atoms with Gasteiger partial charge in [-0.1, -0.05) is 34.9 Å². The Hall–Kier alpha value is -1.29. The van der Waals surface area contributed by atoms with Gasteiger partial charge in [0.05, 0.1) is 23.2 Å². The maximum absolute atomic E-state index is 6.28. The number of imidazole rings is 1. The summed E-state index contributed by atoms with van der Waals surface area (Å²) >= 11 is 12.3. The maximum atomic E-state index is 6.28. The highest BCUT2D eigenvalue weighted by molar-refractivity contribution is 6.35. The van der Waals surface area contributed by atoms with E-state index in [0.29, 0.717) is 10.0 Å². The van der Waals surface area contributed by atoms with Gasteiger partial charge in [-0.15, -0.1) is 0 Å². The van der Waals surface area contributed by atoms with Crippen molar-refractivity contribution < 1.29 is 0 Å². The average Bonchev–Trinajstić information content (AvgIpc) is 2.91. The summed E-state index contributed by atoms with van der Waals surface area (Å²) < 4.78 is 2.12. The summed E-state index contributed by atoms with van der Waals surface area (Å²) in [7, 11) is 0. The molecule has 1 aromatic heterocycles. The highest BCUT2D eigenvalue weighted by Gasteiger charge is 2.12. The van der Waals surface area contributed by atoms with Crippen LogP contribution in [0.25, 0.3) is 11.3 Å². The van der Waals surface area contributed by atoms with E-state index in [2.05, 4.69) is 20.9 Å². The lowest BCUT2D eigenvalue weighted by Crippen LogP contribution is -2.22. The smallest absolute Gasteiger partial charge is 0.0954 e. The SMILES string of the molecule is Clc1ccc(Cl)c(-c2cncn2CC2=CCNCC2)c1. The first-order valence-electron chi connectivity index (χ1n) is 6.58. The third-order valence-corrected chi connectivity index (χ3v) is 4.01. The molecule has 0 atom stereocenters. The van der Waals surface area contributed by atoms with Gasteiger partial charge in [0.1, 0.15) is 0 Å². The normalized spacial score (nSPS) is 15.2. The fourth-order valence-electron chi connectivity index (χ4n) is 2.40. The van der Waals surface area contributed by atoms with Gasteiger partial charge in [-0.05, 0) is 31.2 Å². The molecule has 3 nitrogen and oxygen atoms in total. The number of hydrogen-bond acceptors (Lipinski definition) is 2. The molecule has 1 aliphatic heterocycles. The molecule has 5 heteroatoms. The third-order valence-electron chi connectivity index (χ3n) is 3.45. The fourth-order valence-corrected chi connectivity index (χ4v) is 2.78. The molecule has 1 N–H and O–H groups in total. The Labute approximate surface area is 128 Å². The van der Waals surface area contributed by atoms with E-state index in [1.807, 2.05) is 24.7 Å². The van der Waals surface area contributed by atoms with E-state index in [9.17, 15) is 0 Å². The van der Waals surface area contributed by atoms with Gasteiger partial charge in [-0.3, -0.25) is 0 Å². The van der Waals surface area contributed by atoms with Crippen LogP contribution in [0.1, 0.15) is 6.42 Å². The van der Waals surface area contributed by atoms with Crippen molar-refractivity contribution in [1.82, 2.24) is 14.9 Å². The van der Waals surface area contributed by atoms with E-state index < -0.39 is 0 Å². The Morgan fingerprint density at radius 2 is 2.20 bits per heavy atom. The number of nitrogens with one attached hydrogen (secondary N) is 1. The average molecular weight is 308 g/mol. The zero-order chi connectivity index (χ0) is 13.9. The second kappa shape index (κ2) is 6.00. The second-order valence-corrected chi connectivity index (χ2v) is 5.69. The molecule has 2 aromatic rings. The van der Waals surface area contributed by atoms with Crippen LogP contribution in [0.2, 0.25) is 10.0 Å². The van der Waals surface area contributed by atoms with Gasteiger partial charge in [0.15, 0.2) is 0 Å². The van der Waals surface area contributed by atoms with Crippen LogP contribution in [-0.2, 0) is 6.54 Å². The number of rotatable bonds is 3. The van der Waals surface area contributed by atoms with Crippen LogP contribution in [0.3, 0.4) is 0 Å². The van der Waals surface area contributed by atoms with Gasteiger partial charge in [-0.2, -0.15) is 0 Å². The summed E-state index contributed by atoms with van der Waals surface area (Å²) in [5, 5.41) is 4.69. The zero-order valence-corrected chi connectivity index (χ0v) is 12.5. The van der Waals surface area contributed by atoms with Crippen LogP contribution in [0, 0.1) is 0 Å². The molecule has 0 saturated heterocycles. The number of hydrogen-bond donors (Lipinski definition) is 1. The predicted molar refractivity (Wildman–Crippen MR) is 83.3 cm³/mol. The predicted octanol–water partition coefficient (Wildman–Crippen LogP) is 3.78. The summed E-state index contributed by atoms with van der Waals surface area (Å²) in [5.74, 6) is 0. The molecular formula is C15H15Cl2N3. The van der Waals surface area contributed by atoms with Crippen LogP contribution in [0.4, 0.5) is 0 Å². The summed E-state index contributed by atoms with van der Waals surface area (Å²) in [4.78, 5) is 4.25. The lowest BCUT2D eigenvalue weighted by molar-refractivity contribution is 0.652. The molecule has 0 saturated carbocycles. The Balaban J connectivity index is 1.93. The molecule has 0 fully saturated rings. The van der Waals surface area contributed by atoms with E-state index in [1.54, 1.807) is 6.07 Å². The van der Waals surface area contributed by atoms with Gasteiger partial charge in [-0.25, -0.2) is 4.98 Å². The van der Waals surface area contributed by atoms with Crippen LogP contribution < -0.4 is 5.32 Å². The number of benzene rings is 1. The van der Waals surface area contributed by atoms with Crippen molar-refractivity contribution in [3.63, 3.8) is 0 Å². The van der Waals surface area contributed by atoms with Crippen molar-refractivity contribution in [1.29, 1.82) is 0 Å². The third kappa shape index (κ3) is 2.90. The van der Waals surface area contributed by atoms with Crippen molar-refractivity contribution >= 4 is 23.2 Å². The Morgan fingerprint density at radius 3 is 3.00 bits per heavy atom. The van der Waals surface area contributed by atoms with Crippen molar-refractivity contribution in [3.05, 3.63) is 52.4 Å². The Bertz CT molecular complexity index is 646. The molecule has 0 aliphatic carbocycles. The van der Waals surface area contributed by atoms with E-state index in [-0.39, 0.29) is 0 Å². The topological polar surface area (TPSA) is 29.9 Å². The largest absolute Gasteiger partial charge is 0.326 e. The minimum Gasteiger partial charge on any atom is -0.326 e. The number of aromatic nitrogens is 2. The number of nitrogens with zero attached hydrogens (tertiary/aromatic N) is 2. The second-order valence-electron chi connectivity index (χ2n) is 4.85. The minimum atomic E-state index is 0.679.